The minimum absolute atomic E-state index is 0.0114. The number of methoxy groups -OCH3 is 1. The molecule has 7 nitrogen and oxygen atoms in total. The Balaban J connectivity index is 1.50. The zero-order chi connectivity index (χ0) is 19.8. The number of amides is 1. The van der Waals surface area contributed by atoms with Crippen LogP contribution in [0.15, 0.2) is 59.6 Å². The summed E-state index contributed by atoms with van der Waals surface area (Å²) in [5.41, 5.74) is 8.96. The summed E-state index contributed by atoms with van der Waals surface area (Å²) < 4.78 is 5.18. The van der Waals surface area contributed by atoms with Crippen molar-refractivity contribution in [1.82, 2.24) is 4.90 Å². The molecule has 1 aliphatic heterocycles. The second-order valence-corrected chi connectivity index (χ2v) is 6.62. The van der Waals surface area contributed by atoms with Crippen molar-refractivity contribution in [3.8, 4) is 0 Å². The van der Waals surface area contributed by atoms with Crippen LogP contribution < -0.4 is 16.0 Å². The monoisotopic (exact) mass is 381 g/mol. The molecule has 1 saturated heterocycles. The van der Waals surface area contributed by atoms with Gasteiger partial charge in [0, 0.05) is 50.2 Å². The van der Waals surface area contributed by atoms with Gasteiger partial charge in [0.25, 0.3) is 0 Å². The van der Waals surface area contributed by atoms with Crippen LogP contribution in [0.5, 0.6) is 0 Å². The van der Waals surface area contributed by atoms with E-state index >= 15 is 0 Å². The molecule has 1 amide bonds. The average molecular weight is 381 g/mol. The second kappa shape index (κ2) is 9.75. The quantitative estimate of drug-likeness (QED) is 0.590. The van der Waals surface area contributed by atoms with Crippen molar-refractivity contribution in [2.45, 2.75) is 6.61 Å². The van der Waals surface area contributed by atoms with Crippen LogP contribution >= 0.6 is 0 Å². The summed E-state index contributed by atoms with van der Waals surface area (Å²) in [6.07, 6.45) is 0. The van der Waals surface area contributed by atoms with E-state index in [1.807, 2.05) is 47.4 Å². The molecule has 0 bridgehead atoms. The molecule has 1 aliphatic rings. The molecule has 0 spiro atoms. The van der Waals surface area contributed by atoms with Crippen LogP contribution in [0.2, 0.25) is 0 Å². The van der Waals surface area contributed by atoms with E-state index in [9.17, 15) is 4.79 Å². The Labute approximate surface area is 165 Å². The van der Waals surface area contributed by atoms with Crippen LogP contribution in [0, 0.1) is 0 Å². The maximum Gasteiger partial charge on any atom is 0.244 e. The lowest BCUT2D eigenvalue weighted by molar-refractivity contribution is -0.129. The van der Waals surface area contributed by atoms with Gasteiger partial charge in [0.15, 0.2) is 5.96 Å². The Morgan fingerprint density at radius 2 is 1.75 bits per heavy atom. The van der Waals surface area contributed by atoms with E-state index in [-0.39, 0.29) is 18.4 Å². The van der Waals surface area contributed by atoms with Gasteiger partial charge >= 0.3 is 0 Å². The van der Waals surface area contributed by atoms with E-state index in [2.05, 4.69) is 27.3 Å². The first-order chi connectivity index (χ1) is 13.7. The molecule has 2 aromatic carbocycles. The van der Waals surface area contributed by atoms with Crippen molar-refractivity contribution in [3.63, 3.8) is 0 Å². The average Bonchev–Trinajstić information content (AvgIpc) is 2.74. The summed E-state index contributed by atoms with van der Waals surface area (Å²) >= 11 is 0. The molecule has 1 heterocycles. The Hall–Kier alpha value is -3.06. The lowest BCUT2D eigenvalue weighted by Gasteiger charge is -2.36. The minimum atomic E-state index is -0.0114. The van der Waals surface area contributed by atoms with E-state index in [0.717, 1.165) is 24.3 Å². The predicted octanol–water partition coefficient (Wildman–Crippen LogP) is 1.91. The highest BCUT2D eigenvalue weighted by molar-refractivity contribution is 5.94. The van der Waals surface area contributed by atoms with Gasteiger partial charge in [-0.05, 0) is 18.2 Å². The van der Waals surface area contributed by atoms with Gasteiger partial charge in [-0.15, -0.1) is 0 Å². The molecule has 0 atom stereocenters. The number of rotatable bonds is 6. The number of para-hydroxylation sites is 2. The highest BCUT2D eigenvalue weighted by Crippen LogP contribution is 2.16. The van der Waals surface area contributed by atoms with E-state index in [1.54, 1.807) is 7.11 Å². The fraction of sp³-hybridized carbons (Fsp3) is 0.333. The summed E-state index contributed by atoms with van der Waals surface area (Å²) in [5.74, 6) is 0.211. The molecule has 0 aliphatic carbocycles. The van der Waals surface area contributed by atoms with Crippen molar-refractivity contribution in [2.75, 3.05) is 50.1 Å². The molecule has 2 aromatic rings. The third kappa shape index (κ3) is 5.23. The van der Waals surface area contributed by atoms with Gasteiger partial charge in [0.1, 0.15) is 6.54 Å². The number of hydrogen-bond acceptors (Lipinski definition) is 4. The zero-order valence-corrected chi connectivity index (χ0v) is 16.2. The number of nitrogens with one attached hydrogen (secondary N) is 1. The van der Waals surface area contributed by atoms with Gasteiger partial charge in [-0.25, -0.2) is 4.99 Å². The van der Waals surface area contributed by atoms with E-state index in [0.29, 0.717) is 19.7 Å². The molecule has 1 fully saturated rings. The fourth-order valence-corrected chi connectivity index (χ4v) is 3.21. The molecule has 0 saturated carbocycles. The third-order valence-electron chi connectivity index (χ3n) is 4.72. The molecule has 148 valence electrons. The molecule has 7 heteroatoms. The van der Waals surface area contributed by atoms with E-state index < -0.39 is 0 Å². The van der Waals surface area contributed by atoms with Crippen LogP contribution in [0.4, 0.5) is 11.4 Å². The van der Waals surface area contributed by atoms with Crippen LogP contribution in [-0.4, -0.2) is 56.6 Å². The molecule has 0 aromatic heterocycles. The van der Waals surface area contributed by atoms with Gasteiger partial charge in [0.2, 0.25) is 5.91 Å². The van der Waals surface area contributed by atoms with Gasteiger partial charge < -0.3 is 25.6 Å². The topological polar surface area (TPSA) is 83.2 Å². The van der Waals surface area contributed by atoms with Gasteiger partial charge in [-0.2, -0.15) is 0 Å². The van der Waals surface area contributed by atoms with Crippen molar-refractivity contribution in [2.24, 2.45) is 10.7 Å². The molecule has 0 radical (unpaired) electrons. The third-order valence-corrected chi connectivity index (χ3v) is 4.72. The van der Waals surface area contributed by atoms with Gasteiger partial charge in [-0.1, -0.05) is 36.4 Å². The summed E-state index contributed by atoms with van der Waals surface area (Å²) in [6, 6.07) is 18.0. The first-order valence-electron chi connectivity index (χ1n) is 9.39. The smallest absolute Gasteiger partial charge is 0.244 e. The minimum Gasteiger partial charge on any atom is -0.380 e. The number of benzene rings is 2. The number of hydrogen-bond donors (Lipinski definition) is 2. The van der Waals surface area contributed by atoms with Crippen LogP contribution in [0.25, 0.3) is 0 Å². The van der Waals surface area contributed by atoms with Crippen LogP contribution in [0.3, 0.4) is 0 Å². The molecule has 28 heavy (non-hydrogen) atoms. The predicted molar refractivity (Wildman–Crippen MR) is 113 cm³/mol. The number of ether oxygens (including phenoxy) is 1. The lowest BCUT2D eigenvalue weighted by Crippen LogP contribution is -2.49. The van der Waals surface area contributed by atoms with E-state index in [4.69, 9.17) is 10.5 Å². The first-order valence-corrected chi connectivity index (χ1v) is 9.39. The van der Waals surface area contributed by atoms with Gasteiger partial charge in [0.05, 0.1) is 6.61 Å². The Bertz CT molecular complexity index is 801. The summed E-state index contributed by atoms with van der Waals surface area (Å²) in [6.45, 7) is 3.52. The van der Waals surface area contributed by atoms with Crippen molar-refractivity contribution in [3.05, 3.63) is 60.2 Å². The maximum absolute atomic E-state index is 12.5. The maximum atomic E-state index is 12.5. The number of anilines is 2. The van der Waals surface area contributed by atoms with Crippen molar-refractivity contribution < 1.29 is 9.53 Å². The molecule has 0 unspecified atom stereocenters. The summed E-state index contributed by atoms with van der Waals surface area (Å²) in [4.78, 5) is 20.8. The fourth-order valence-electron chi connectivity index (χ4n) is 3.21. The SMILES string of the molecule is COCc1ccccc1NC(N)=NCC(=O)N1CCN(c2ccccc2)CC1. The largest absolute Gasteiger partial charge is 0.380 e. The number of nitrogens with two attached hydrogens (primary N) is 1. The van der Waals surface area contributed by atoms with E-state index in [1.165, 1.54) is 5.69 Å². The summed E-state index contributed by atoms with van der Waals surface area (Å²) in [5, 5.41) is 3.05. The number of carbonyl (C=O) groups is 1. The van der Waals surface area contributed by atoms with Crippen molar-refractivity contribution in [1.29, 1.82) is 0 Å². The molecule has 3 N–H and O–H groups in total. The standard InChI is InChI=1S/C21H27N5O2/c1-28-16-17-7-5-6-10-19(17)24-21(22)23-15-20(27)26-13-11-25(12-14-26)18-8-3-2-4-9-18/h2-10H,11-16H2,1H3,(H3,22,23,24). The highest BCUT2D eigenvalue weighted by atomic mass is 16.5. The molecular formula is C21H27N5O2. The second-order valence-electron chi connectivity index (χ2n) is 6.62. The lowest BCUT2D eigenvalue weighted by atomic mass is 10.2. The molecule has 3 rings (SSSR count). The number of nitrogens with zero attached hydrogens (tertiary/aromatic N) is 3. The Morgan fingerprint density at radius 3 is 2.46 bits per heavy atom. The number of carbonyl (C=O) groups excluding carboxylic acids is 1. The van der Waals surface area contributed by atoms with Crippen molar-refractivity contribution >= 4 is 23.2 Å². The highest BCUT2D eigenvalue weighted by Gasteiger charge is 2.20. The zero-order valence-electron chi connectivity index (χ0n) is 16.2. The number of piperazine rings is 1. The van der Waals surface area contributed by atoms with Crippen LogP contribution in [0.1, 0.15) is 5.56 Å². The van der Waals surface area contributed by atoms with Crippen LogP contribution in [-0.2, 0) is 16.1 Å². The Morgan fingerprint density at radius 1 is 1.07 bits per heavy atom. The molecular weight excluding hydrogens is 354 g/mol. The number of guanidine groups is 1. The first kappa shape index (κ1) is 19.7. The van der Waals surface area contributed by atoms with Gasteiger partial charge in [-0.3, -0.25) is 4.79 Å². The number of aliphatic imine (C=N–C) groups is 1. The summed E-state index contributed by atoms with van der Waals surface area (Å²) in [7, 11) is 1.64. The Kier molecular flexibility index (Phi) is 6.86. The normalized spacial score (nSPS) is 14.8.